The van der Waals surface area contributed by atoms with Crippen LogP contribution in [0.15, 0.2) is 24.3 Å². The maximum Gasteiger partial charge on any atom is 0.322 e. The number of halogens is 1. The average Bonchev–Trinajstić information content (AvgIpc) is 2.48. The van der Waals surface area contributed by atoms with Crippen LogP contribution in [-0.2, 0) is 14.0 Å². The molecule has 1 aromatic rings. The SMILES string of the molecule is COC(=O)C(C)NCC(O[Si](C)(C)C(C)(C)C)c1cccc(Cl)c1. The first-order valence-corrected chi connectivity index (χ1v) is 11.5. The van der Waals surface area contributed by atoms with Crippen molar-refractivity contribution in [1.82, 2.24) is 5.32 Å². The van der Waals surface area contributed by atoms with Gasteiger partial charge in [-0.1, -0.05) is 44.5 Å². The lowest BCUT2D eigenvalue weighted by atomic mass is 10.1. The summed E-state index contributed by atoms with van der Waals surface area (Å²) in [4.78, 5) is 11.6. The highest BCUT2D eigenvalue weighted by Crippen LogP contribution is 2.39. The van der Waals surface area contributed by atoms with E-state index in [9.17, 15) is 4.79 Å². The second kappa shape index (κ2) is 8.47. The topological polar surface area (TPSA) is 47.6 Å². The molecular formula is C18H30ClNO3Si. The van der Waals surface area contributed by atoms with Crippen molar-refractivity contribution in [2.75, 3.05) is 13.7 Å². The van der Waals surface area contributed by atoms with Crippen molar-refractivity contribution in [3.8, 4) is 0 Å². The van der Waals surface area contributed by atoms with E-state index in [-0.39, 0.29) is 23.2 Å². The van der Waals surface area contributed by atoms with E-state index in [2.05, 4.69) is 39.2 Å². The monoisotopic (exact) mass is 371 g/mol. The third-order valence-electron chi connectivity index (χ3n) is 4.63. The number of nitrogens with one attached hydrogen (secondary N) is 1. The summed E-state index contributed by atoms with van der Waals surface area (Å²) in [6, 6.07) is 7.31. The smallest absolute Gasteiger partial charge is 0.322 e. The van der Waals surface area contributed by atoms with Crippen molar-refractivity contribution in [1.29, 1.82) is 0 Å². The van der Waals surface area contributed by atoms with E-state index >= 15 is 0 Å². The number of benzene rings is 1. The zero-order chi connectivity index (χ0) is 18.5. The molecule has 6 heteroatoms. The summed E-state index contributed by atoms with van der Waals surface area (Å²) in [5.74, 6) is -0.285. The fourth-order valence-electron chi connectivity index (χ4n) is 2.01. The average molecular weight is 372 g/mol. The summed E-state index contributed by atoms with van der Waals surface area (Å²) in [5.41, 5.74) is 1.01. The van der Waals surface area contributed by atoms with E-state index in [4.69, 9.17) is 20.8 Å². The second-order valence-electron chi connectivity index (χ2n) is 7.57. The van der Waals surface area contributed by atoms with Gasteiger partial charge in [0.05, 0.1) is 13.2 Å². The molecular weight excluding hydrogens is 342 g/mol. The van der Waals surface area contributed by atoms with Crippen molar-refractivity contribution in [2.24, 2.45) is 0 Å². The molecule has 0 fully saturated rings. The summed E-state index contributed by atoms with van der Waals surface area (Å²) < 4.78 is 11.3. The molecule has 24 heavy (non-hydrogen) atoms. The summed E-state index contributed by atoms with van der Waals surface area (Å²) >= 11 is 6.15. The quantitative estimate of drug-likeness (QED) is 0.564. The third kappa shape index (κ3) is 5.88. The van der Waals surface area contributed by atoms with Crippen LogP contribution in [0.5, 0.6) is 0 Å². The van der Waals surface area contributed by atoms with Gasteiger partial charge in [-0.3, -0.25) is 4.79 Å². The van der Waals surface area contributed by atoms with E-state index in [0.29, 0.717) is 11.6 Å². The Morgan fingerprint density at radius 1 is 1.33 bits per heavy atom. The van der Waals surface area contributed by atoms with Gasteiger partial charge < -0.3 is 14.5 Å². The van der Waals surface area contributed by atoms with Gasteiger partial charge in [-0.2, -0.15) is 0 Å². The van der Waals surface area contributed by atoms with Crippen molar-refractivity contribution in [3.63, 3.8) is 0 Å². The van der Waals surface area contributed by atoms with Crippen LogP contribution in [0.2, 0.25) is 23.2 Å². The van der Waals surface area contributed by atoms with Gasteiger partial charge in [0.15, 0.2) is 8.32 Å². The number of ether oxygens (including phenoxy) is 1. The minimum Gasteiger partial charge on any atom is -0.468 e. The van der Waals surface area contributed by atoms with Crippen LogP contribution in [0.4, 0.5) is 0 Å². The van der Waals surface area contributed by atoms with E-state index in [1.165, 1.54) is 7.11 Å². The number of hydrogen-bond donors (Lipinski definition) is 1. The second-order valence-corrected chi connectivity index (χ2v) is 12.8. The van der Waals surface area contributed by atoms with Crippen molar-refractivity contribution < 1.29 is 14.0 Å². The molecule has 1 N–H and O–H groups in total. The Hall–Kier alpha value is -0.883. The Morgan fingerprint density at radius 3 is 2.46 bits per heavy atom. The Balaban J connectivity index is 2.98. The van der Waals surface area contributed by atoms with Crippen LogP contribution in [0.1, 0.15) is 39.4 Å². The van der Waals surface area contributed by atoms with Crippen molar-refractivity contribution in [2.45, 2.75) is 58.0 Å². The number of methoxy groups -OCH3 is 1. The van der Waals surface area contributed by atoms with Crippen molar-refractivity contribution in [3.05, 3.63) is 34.9 Å². The van der Waals surface area contributed by atoms with Gasteiger partial charge in [-0.25, -0.2) is 0 Å². The lowest BCUT2D eigenvalue weighted by molar-refractivity contribution is -0.142. The lowest BCUT2D eigenvalue weighted by Gasteiger charge is -2.39. The number of carbonyl (C=O) groups is 1. The minimum atomic E-state index is -1.97. The van der Waals surface area contributed by atoms with Gasteiger partial charge in [0.1, 0.15) is 6.04 Å². The Labute approximate surface area is 152 Å². The van der Waals surface area contributed by atoms with Gasteiger partial charge in [0.25, 0.3) is 0 Å². The van der Waals surface area contributed by atoms with Crippen LogP contribution in [-0.4, -0.2) is 34.0 Å². The molecule has 0 aliphatic heterocycles. The largest absolute Gasteiger partial charge is 0.468 e. The first-order valence-electron chi connectivity index (χ1n) is 8.22. The molecule has 0 amide bonds. The minimum absolute atomic E-state index is 0.0950. The molecule has 0 spiro atoms. The molecule has 2 atom stereocenters. The fourth-order valence-corrected chi connectivity index (χ4v) is 3.49. The Bertz CT molecular complexity index is 557. The number of esters is 1. The predicted molar refractivity (Wildman–Crippen MR) is 102 cm³/mol. The highest BCUT2D eigenvalue weighted by atomic mass is 35.5. The van der Waals surface area contributed by atoms with E-state index in [1.54, 1.807) is 6.92 Å². The number of hydrogen-bond acceptors (Lipinski definition) is 4. The van der Waals surface area contributed by atoms with Crippen LogP contribution in [0, 0.1) is 0 Å². The first kappa shape index (κ1) is 21.2. The molecule has 0 saturated heterocycles. The number of carbonyl (C=O) groups excluding carboxylic acids is 1. The molecule has 0 saturated carbocycles. The van der Waals surface area contributed by atoms with Gasteiger partial charge in [0.2, 0.25) is 0 Å². The molecule has 0 bridgehead atoms. The molecule has 0 heterocycles. The van der Waals surface area contributed by atoms with Crippen LogP contribution >= 0.6 is 11.6 Å². The molecule has 0 aliphatic carbocycles. The normalized spacial score (nSPS) is 15.0. The predicted octanol–water partition coefficient (Wildman–Crippen LogP) is 4.55. The summed E-state index contributed by atoms with van der Waals surface area (Å²) in [5, 5.41) is 3.98. The molecule has 4 nitrogen and oxygen atoms in total. The molecule has 0 radical (unpaired) electrons. The van der Waals surface area contributed by atoms with E-state index in [0.717, 1.165) is 5.56 Å². The maximum atomic E-state index is 11.6. The molecule has 136 valence electrons. The summed E-state index contributed by atoms with van der Waals surface area (Å²) in [7, 11) is -0.585. The fraction of sp³-hybridized carbons (Fsp3) is 0.611. The Morgan fingerprint density at radius 2 is 1.96 bits per heavy atom. The molecule has 0 aliphatic rings. The van der Waals surface area contributed by atoms with Crippen LogP contribution in [0.3, 0.4) is 0 Å². The highest BCUT2D eigenvalue weighted by Gasteiger charge is 2.39. The number of rotatable bonds is 7. The third-order valence-corrected chi connectivity index (χ3v) is 9.35. The van der Waals surface area contributed by atoms with Crippen molar-refractivity contribution >= 4 is 25.9 Å². The van der Waals surface area contributed by atoms with Crippen LogP contribution < -0.4 is 5.32 Å². The Kier molecular flexibility index (Phi) is 7.47. The standard InChI is InChI=1S/C18H30ClNO3Si/c1-13(17(21)22-5)20-12-16(14-9-8-10-15(19)11-14)23-24(6,7)18(2,3)4/h8-11,13,16,20H,12H2,1-7H3. The van der Waals surface area contributed by atoms with Gasteiger partial charge in [-0.15, -0.1) is 0 Å². The van der Waals surface area contributed by atoms with E-state index in [1.807, 2.05) is 24.3 Å². The first-order chi connectivity index (χ1) is 11.0. The van der Waals surface area contributed by atoms with Gasteiger partial charge in [0, 0.05) is 11.6 Å². The molecule has 2 unspecified atom stereocenters. The lowest BCUT2D eigenvalue weighted by Crippen LogP contribution is -2.45. The molecule has 1 aromatic carbocycles. The van der Waals surface area contributed by atoms with Gasteiger partial charge >= 0.3 is 5.97 Å². The van der Waals surface area contributed by atoms with Gasteiger partial charge in [-0.05, 0) is 42.8 Å². The summed E-state index contributed by atoms with van der Waals surface area (Å²) in [6.45, 7) is 13.4. The van der Waals surface area contributed by atoms with E-state index < -0.39 is 8.32 Å². The molecule has 0 aromatic heterocycles. The summed E-state index contributed by atoms with van der Waals surface area (Å²) in [6.07, 6.45) is -0.170. The zero-order valence-electron chi connectivity index (χ0n) is 15.8. The molecule has 1 rings (SSSR count). The maximum absolute atomic E-state index is 11.6. The van der Waals surface area contributed by atoms with Crippen LogP contribution in [0.25, 0.3) is 0 Å². The zero-order valence-corrected chi connectivity index (χ0v) is 17.5. The highest BCUT2D eigenvalue weighted by molar-refractivity contribution is 6.74.